The number of carboxylic acids is 1. The summed E-state index contributed by atoms with van der Waals surface area (Å²) in [7, 11) is 0. The highest BCUT2D eigenvalue weighted by atomic mass is 32.2. The third-order valence-electron chi connectivity index (χ3n) is 3.17. The van der Waals surface area contributed by atoms with E-state index >= 15 is 0 Å². The van der Waals surface area contributed by atoms with Crippen molar-refractivity contribution in [2.45, 2.75) is 44.9 Å². The van der Waals surface area contributed by atoms with Crippen LogP contribution in [0.25, 0.3) is 0 Å². The number of unbranched alkanes of at least 4 members (excludes halogenated alkanes) is 4. The second-order valence-corrected chi connectivity index (χ2v) is 6.44. The van der Waals surface area contributed by atoms with E-state index in [0.29, 0.717) is 12.4 Å². The number of nitrogens with one attached hydrogen (secondary N) is 2. The fraction of sp³-hybridized carbons (Fsp3) is 0.933. The summed E-state index contributed by atoms with van der Waals surface area (Å²) in [5, 5.41) is 23.4. The Morgan fingerprint density at radius 1 is 0.864 bits per heavy atom. The third-order valence-corrected chi connectivity index (χ3v) is 4.24. The first-order chi connectivity index (χ1) is 10.8. The van der Waals surface area contributed by atoms with Gasteiger partial charge in [0.25, 0.3) is 0 Å². The Bertz CT molecular complexity index is 246. The van der Waals surface area contributed by atoms with Crippen molar-refractivity contribution in [2.75, 3.05) is 44.3 Å². The number of aliphatic carboxylic acids is 1. The average Bonchev–Trinajstić information content (AvgIpc) is 2.50. The summed E-state index contributed by atoms with van der Waals surface area (Å²) in [5.74, 6) is 1.02. The number of carbonyl (C=O) groups is 1. The molecule has 4 N–H and O–H groups in total. The molecule has 7 heteroatoms. The zero-order chi connectivity index (χ0) is 16.3. The van der Waals surface area contributed by atoms with Crippen LogP contribution in [0.5, 0.6) is 0 Å². The van der Waals surface area contributed by atoms with Crippen LogP contribution in [0.3, 0.4) is 0 Å². The van der Waals surface area contributed by atoms with Crippen molar-refractivity contribution in [2.24, 2.45) is 0 Å². The van der Waals surface area contributed by atoms with Gasteiger partial charge in [-0.05, 0) is 38.1 Å². The lowest BCUT2D eigenvalue weighted by molar-refractivity contribution is -0.242. The van der Waals surface area contributed by atoms with Crippen LogP contribution in [0.1, 0.15) is 44.9 Å². The molecule has 0 aliphatic heterocycles. The standard InChI is InChI=1S/C15H32N2O4S/c18-15(19)7-14-22-13-6-9-17-11-10-16-8-4-2-1-3-5-12-21-20/h16-17,20H,1-14H2,(H,18,19). The van der Waals surface area contributed by atoms with Crippen molar-refractivity contribution < 1.29 is 20.0 Å². The van der Waals surface area contributed by atoms with Crippen molar-refractivity contribution in [3.05, 3.63) is 0 Å². The molecule has 0 unspecified atom stereocenters. The summed E-state index contributed by atoms with van der Waals surface area (Å²) in [6.45, 7) is 4.47. The van der Waals surface area contributed by atoms with E-state index in [1.807, 2.05) is 0 Å². The maximum atomic E-state index is 10.3. The molecule has 0 bridgehead atoms. The van der Waals surface area contributed by atoms with Crippen LogP contribution < -0.4 is 10.6 Å². The average molecular weight is 336 g/mol. The van der Waals surface area contributed by atoms with Crippen LogP contribution in [-0.2, 0) is 9.68 Å². The van der Waals surface area contributed by atoms with Gasteiger partial charge in [-0.1, -0.05) is 19.3 Å². The van der Waals surface area contributed by atoms with Crippen molar-refractivity contribution in [1.29, 1.82) is 0 Å². The van der Waals surface area contributed by atoms with Crippen LogP contribution in [0, 0.1) is 0 Å². The Morgan fingerprint density at radius 3 is 2.18 bits per heavy atom. The molecule has 0 saturated carbocycles. The summed E-state index contributed by atoms with van der Waals surface area (Å²) in [4.78, 5) is 14.3. The maximum absolute atomic E-state index is 10.3. The van der Waals surface area contributed by atoms with E-state index in [0.717, 1.165) is 51.2 Å². The van der Waals surface area contributed by atoms with Gasteiger partial charge < -0.3 is 15.7 Å². The minimum atomic E-state index is -0.712. The van der Waals surface area contributed by atoms with Crippen molar-refractivity contribution >= 4 is 17.7 Å². The number of carboxylic acid groups (broad SMARTS) is 1. The first-order valence-corrected chi connectivity index (χ1v) is 9.40. The molecule has 0 fully saturated rings. The van der Waals surface area contributed by atoms with Gasteiger partial charge >= 0.3 is 5.97 Å². The number of rotatable bonds is 18. The van der Waals surface area contributed by atoms with Gasteiger partial charge in [-0.25, -0.2) is 4.89 Å². The van der Waals surface area contributed by atoms with Crippen LogP contribution >= 0.6 is 11.8 Å². The van der Waals surface area contributed by atoms with E-state index in [9.17, 15) is 4.79 Å². The molecule has 0 aliphatic carbocycles. The van der Waals surface area contributed by atoms with Crippen LogP contribution in [0.15, 0.2) is 0 Å². The van der Waals surface area contributed by atoms with Crippen molar-refractivity contribution in [1.82, 2.24) is 10.6 Å². The minimum absolute atomic E-state index is 0.261. The number of hydrogen-bond acceptors (Lipinski definition) is 6. The van der Waals surface area contributed by atoms with Gasteiger partial charge in [0.1, 0.15) is 0 Å². The predicted octanol–water partition coefficient (Wildman–Crippen LogP) is 2.20. The number of hydrogen-bond donors (Lipinski definition) is 4. The molecular formula is C15H32N2O4S. The quantitative estimate of drug-likeness (QED) is 0.173. The monoisotopic (exact) mass is 336 g/mol. The zero-order valence-corrected chi connectivity index (χ0v) is 14.3. The summed E-state index contributed by atoms with van der Waals surface area (Å²) >= 11 is 1.71. The smallest absolute Gasteiger partial charge is 0.304 e. The minimum Gasteiger partial charge on any atom is -0.481 e. The summed E-state index contributed by atoms with van der Waals surface area (Å²) in [6, 6.07) is 0. The van der Waals surface area contributed by atoms with Gasteiger partial charge in [0.2, 0.25) is 0 Å². The van der Waals surface area contributed by atoms with Gasteiger partial charge in [0.15, 0.2) is 0 Å². The lowest BCUT2D eigenvalue weighted by Crippen LogP contribution is -2.28. The van der Waals surface area contributed by atoms with Gasteiger partial charge in [0, 0.05) is 18.8 Å². The molecular weight excluding hydrogens is 304 g/mol. The van der Waals surface area contributed by atoms with E-state index in [4.69, 9.17) is 10.4 Å². The first-order valence-electron chi connectivity index (χ1n) is 8.24. The Kier molecular flexibility index (Phi) is 18.4. The molecule has 0 radical (unpaired) electrons. The molecule has 0 aliphatic rings. The van der Waals surface area contributed by atoms with E-state index in [1.54, 1.807) is 11.8 Å². The largest absolute Gasteiger partial charge is 0.481 e. The molecule has 0 rings (SSSR count). The van der Waals surface area contributed by atoms with Gasteiger partial charge in [-0.15, -0.1) is 0 Å². The predicted molar refractivity (Wildman–Crippen MR) is 91.6 cm³/mol. The Hall–Kier alpha value is -0.340. The topological polar surface area (TPSA) is 90.8 Å². The molecule has 0 aromatic rings. The highest BCUT2D eigenvalue weighted by Crippen LogP contribution is 2.03. The van der Waals surface area contributed by atoms with Crippen LogP contribution in [0.4, 0.5) is 0 Å². The Morgan fingerprint density at radius 2 is 1.50 bits per heavy atom. The lowest BCUT2D eigenvalue weighted by Gasteiger charge is -2.06. The Balaban J connectivity index is 2.95. The molecule has 0 saturated heterocycles. The van der Waals surface area contributed by atoms with E-state index in [2.05, 4.69) is 15.5 Å². The lowest BCUT2D eigenvalue weighted by atomic mass is 10.1. The van der Waals surface area contributed by atoms with Gasteiger partial charge in [-0.3, -0.25) is 10.1 Å². The van der Waals surface area contributed by atoms with E-state index < -0.39 is 5.97 Å². The van der Waals surface area contributed by atoms with Gasteiger partial charge in [0.05, 0.1) is 13.0 Å². The maximum Gasteiger partial charge on any atom is 0.304 e. The molecule has 0 atom stereocenters. The van der Waals surface area contributed by atoms with Crippen molar-refractivity contribution in [3.8, 4) is 0 Å². The third kappa shape index (κ3) is 19.7. The molecule has 22 heavy (non-hydrogen) atoms. The summed E-state index contributed by atoms with van der Waals surface area (Å²) in [5.41, 5.74) is 0. The Labute approximate surface area is 138 Å². The van der Waals surface area contributed by atoms with E-state index in [1.165, 1.54) is 19.3 Å². The summed E-state index contributed by atoms with van der Waals surface area (Å²) in [6.07, 6.45) is 7.01. The van der Waals surface area contributed by atoms with Crippen LogP contribution in [0.2, 0.25) is 0 Å². The fourth-order valence-corrected chi connectivity index (χ4v) is 2.81. The first kappa shape index (κ1) is 21.7. The van der Waals surface area contributed by atoms with Crippen molar-refractivity contribution in [3.63, 3.8) is 0 Å². The second kappa shape index (κ2) is 18.7. The zero-order valence-electron chi connectivity index (χ0n) is 13.5. The molecule has 132 valence electrons. The fourth-order valence-electron chi connectivity index (χ4n) is 1.93. The normalized spacial score (nSPS) is 11.0. The molecule has 0 aromatic heterocycles. The number of thioether (sulfide) groups is 1. The molecule has 0 heterocycles. The van der Waals surface area contributed by atoms with Gasteiger partial charge in [-0.2, -0.15) is 11.8 Å². The SMILES string of the molecule is O=C(O)CCSCCCNCCNCCCCCCCOO. The summed E-state index contributed by atoms with van der Waals surface area (Å²) < 4.78 is 0. The van der Waals surface area contributed by atoms with E-state index in [-0.39, 0.29) is 6.42 Å². The second-order valence-electron chi connectivity index (χ2n) is 5.21. The molecule has 0 aromatic carbocycles. The molecule has 0 amide bonds. The van der Waals surface area contributed by atoms with Crippen LogP contribution in [-0.4, -0.2) is 60.6 Å². The highest BCUT2D eigenvalue weighted by molar-refractivity contribution is 7.99. The highest BCUT2D eigenvalue weighted by Gasteiger charge is 1.96. The molecule has 6 nitrogen and oxygen atoms in total. The molecule has 0 spiro atoms.